The highest BCUT2D eigenvalue weighted by Gasteiger charge is 2.19. The molecule has 4 nitrogen and oxygen atoms in total. The van der Waals surface area contributed by atoms with Gasteiger partial charge in [0.15, 0.2) is 17.5 Å². The molecule has 0 fully saturated rings. The molecule has 0 aliphatic carbocycles. The maximum absolute atomic E-state index is 6.79. The van der Waals surface area contributed by atoms with Gasteiger partial charge in [-0.25, -0.2) is 15.0 Å². The van der Waals surface area contributed by atoms with E-state index in [0.29, 0.717) is 17.5 Å². The lowest BCUT2D eigenvalue weighted by Crippen LogP contribution is -2.00. The molecule has 0 bridgehead atoms. The largest absolute Gasteiger partial charge is 0.455 e. The zero-order valence-corrected chi connectivity index (χ0v) is 24.3. The Hall–Kier alpha value is -5.65. The molecular weight excluding hydrogens is 559 g/mol. The van der Waals surface area contributed by atoms with Crippen LogP contribution in [-0.2, 0) is 0 Å². The maximum atomic E-state index is 6.79. The van der Waals surface area contributed by atoms with E-state index in [1.54, 1.807) is 0 Å². The molecular formula is C39H23N3OS. The number of thiophene rings is 1. The summed E-state index contributed by atoms with van der Waals surface area (Å²) in [6.45, 7) is 0. The Labute approximate surface area is 256 Å². The van der Waals surface area contributed by atoms with Crippen molar-refractivity contribution in [3.63, 3.8) is 0 Å². The topological polar surface area (TPSA) is 51.8 Å². The molecule has 206 valence electrons. The summed E-state index contributed by atoms with van der Waals surface area (Å²) in [5.41, 5.74) is 6.52. The number of hydrogen-bond donors (Lipinski definition) is 0. The molecule has 0 radical (unpaired) electrons. The van der Waals surface area contributed by atoms with Gasteiger partial charge < -0.3 is 4.42 Å². The summed E-state index contributed by atoms with van der Waals surface area (Å²) in [5.74, 6) is 1.83. The minimum atomic E-state index is 0.579. The predicted octanol–water partition coefficient (Wildman–Crippen LogP) is 10.8. The van der Waals surface area contributed by atoms with Gasteiger partial charge >= 0.3 is 0 Å². The monoisotopic (exact) mass is 581 g/mol. The average Bonchev–Trinajstić information content (AvgIpc) is 3.67. The Bertz CT molecular complexity index is 2440. The number of aromatic nitrogens is 3. The van der Waals surface area contributed by atoms with Gasteiger partial charge in [-0.15, -0.1) is 11.3 Å². The van der Waals surface area contributed by atoms with Gasteiger partial charge in [-0.2, -0.15) is 0 Å². The number of furan rings is 1. The van der Waals surface area contributed by atoms with Crippen LogP contribution in [0.15, 0.2) is 144 Å². The third-order valence-corrected chi connectivity index (χ3v) is 9.29. The van der Waals surface area contributed by atoms with Crippen molar-refractivity contribution in [3.8, 4) is 45.3 Å². The Kier molecular flexibility index (Phi) is 5.64. The number of para-hydroxylation sites is 2. The molecule has 0 amide bonds. The molecule has 0 spiro atoms. The van der Waals surface area contributed by atoms with Gasteiger partial charge in [-0.1, -0.05) is 121 Å². The van der Waals surface area contributed by atoms with E-state index in [1.165, 1.54) is 20.2 Å². The number of rotatable bonds is 4. The molecule has 3 heterocycles. The highest BCUT2D eigenvalue weighted by molar-refractivity contribution is 7.25. The third-order valence-electron chi connectivity index (χ3n) is 8.15. The van der Waals surface area contributed by atoms with Crippen LogP contribution in [0.5, 0.6) is 0 Å². The summed E-state index contributed by atoms with van der Waals surface area (Å²) in [4.78, 5) is 14.8. The second kappa shape index (κ2) is 9.97. The van der Waals surface area contributed by atoms with Gasteiger partial charge in [0, 0.05) is 47.6 Å². The zero-order chi connectivity index (χ0) is 29.0. The van der Waals surface area contributed by atoms with Crippen LogP contribution in [-0.4, -0.2) is 15.0 Å². The second-order valence-corrected chi connectivity index (χ2v) is 11.9. The van der Waals surface area contributed by atoms with Crippen molar-refractivity contribution < 1.29 is 4.42 Å². The summed E-state index contributed by atoms with van der Waals surface area (Å²) in [6, 6.07) is 48.0. The van der Waals surface area contributed by atoms with Gasteiger partial charge in [-0.3, -0.25) is 0 Å². The Morgan fingerprint density at radius 3 is 1.64 bits per heavy atom. The van der Waals surface area contributed by atoms with E-state index in [9.17, 15) is 0 Å². The van der Waals surface area contributed by atoms with Crippen LogP contribution in [0.3, 0.4) is 0 Å². The average molecular weight is 582 g/mol. The second-order valence-electron chi connectivity index (χ2n) is 10.8. The van der Waals surface area contributed by atoms with Gasteiger partial charge in [0.25, 0.3) is 0 Å². The Morgan fingerprint density at radius 1 is 0.386 bits per heavy atom. The zero-order valence-electron chi connectivity index (χ0n) is 23.4. The van der Waals surface area contributed by atoms with Crippen molar-refractivity contribution in [2.75, 3.05) is 0 Å². The molecule has 0 N–H and O–H groups in total. The molecule has 9 aromatic rings. The van der Waals surface area contributed by atoms with E-state index in [-0.39, 0.29) is 0 Å². The fraction of sp³-hybridized carbons (Fsp3) is 0. The first-order valence-electron chi connectivity index (χ1n) is 14.5. The van der Waals surface area contributed by atoms with Crippen molar-refractivity contribution in [1.29, 1.82) is 0 Å². The lowest BCUT2D eigenvalue weighted by Gasteiger charge is -2.08. The summed E-state index contributed by atoms with van der Waals surface area (Å²) >= 11 is 1.83. The maximum Gasteiger partial charge on any atom is 0.167 e. The molecule has 6 aromatic carbocycles. The van der Waals surface area contributed by atoms with E-state index in [2.05, 4.69) is 72.8 Å². The van der Waals surface area contributed by atoms with E-state index in [0.717, 1.165) is 49.8 Å². The van der Waals surface area contributed by atoms with Gasteiger partial charge in [0.05, 0.1) is 5.56 Å². The molecule has 0 aliphatic heterocycles. The molecule has 0 saturated heterocycles. The van der Waals surface area contributed by atoms with Crippen LogP contribution in [0, 0.1) is 0 Å². The van der Waals surface area contributed by atoms with Crippen molar-refractivity contribution >= 4 is 53.4 Å². The smallest absolute Gasteiger partial charge is 0.167 e. The fourth-order valence-corrected chi connectivity index (χ4v) is 7.19. The van der Waals surface area contributed by atoms with Crippen molar-refractivity contribution in [2.24, 2.45) is 0 Å². The highest BCUT2D eigenvalue weighted by Crippen LogP contribution is 2.42. The number of benzene rings is 6. The molecule has 0 atom stereocenters. The quantitative estimate of drug-likeness (QED) is 0.207. The predicted molar refractivity (Wildman–Crippen MR) is 182 cm³/mol. The van der Waals surface area contributed by atoms with Crippen LogP contribution in [0.1, 0.15) is 0 Å². The van der Waals surface area contributed by atoms with Crippen molar-refractivity contribution in [2.45, 2.75) is 0 Å². The summed E-state index contributed by atoms with van der Waals surface area (Å²) < 4.78 is 9.36. The van der Waals surface area contributed by atoms with Gasteiger partial charge in [0.2, 0.25) is 0 Å². The molecule has 44 heavy (non-hydrogen) atoms. The standard InChI is InChI=1S/C39H23N3OS/c1-3-11-24(12-4-1)37-40-38(25-13-5-2-6-14-25)42-39(41-37)32-19-10-18-31-30-17-9-16-27(35(30)43-36(31)32)26-21-22-29-28-15-7-8-20-33(28)44-34(29)23-26/h1-23H. The summed E-state index contributed by atoms with van der Waals surface area (Å²) in [7, 11) is 0. The molecule has 0 unspecified atom stereocenters. The lowest BCUT2D eigenvalue weighted by molar-refractivity contribution is 0.670. The molecule has 5 heteroatoms. The molecule has 3 aromatic heterocycles. The van der Waals surface area contributed by atoms with E-state index >= 15 is 0 Å². The van der Waals surface area contributed by atoms with Crippen LogP contribution >= 0.6 is 11.3 Å². The normalized spacial score (nSPS) is 11.6. The number of nitrogens with zero attached hydrogens (tertiary/aromatic N) is 3. The van der Waals surface area contributed by atoms with Crippen LogP contribution in [0.25, 0.3) is 87.4 Å². The van der Waals surface area contributed by atoms with Gasteiger partial charge in [-0.05, 0) is 23.8 Å². The van der Waals surface area contributed by atoms with Crippen LogP contribution in [0.2, 0.25) is 0 Å². The number of hydrogen-bond acceptors (Lipinski definition) is 5. The molecule has 9 rings (SSSR count). The Balaban J connectivity index is 1.25. The van der Waals surface area contributed by atoms with Gasteiger partial charge in [0.1, 0.15) is 11.2 Å². The summed E-state index contributed by atoms with van der Waals surface area (Å²) in [5, 5.41) is 4.68. The minimum Gasteiger partial charge on any atom is -0.455 e. The first-order valence-corrected chi connectivity index (χ1v) is 15.3. The first-order chi connectivity index (χ1) is 21.8. The lowest BCUT2D eigenvalue weighted by atomic mass is 10.0. The fourth-order valence-electron chi connectivity index (χ4n) is 6.05. The van der Waals surface area contributed by atoms with E-state index in [1.807, 2.05) is 78.1 Å². The number of fused-ring (bicyclic) bond motifs is 6. The third kappa shape index (κ3) is 4.02. The van der Waals surface area contributed by atoms with Crippen LogP contribution < -0.4 is 0 Å². The highest BCUT2D eigenvalue weighted by atomic mass is 32.1. The minimum absolute atomic E-state index is 0.579. The molecule has 0 saturated carbocycles. The SMILES string of the molecule is c1ccc(-c2nc(-c3ccccc3)nc(-c3cccc4c3oc3c(-c5ccc6c(c5)sc5ccccc56)cccc34)n2)cc1. The van der Waals surface area contributed by atoms with Crippen LogP contribution in [0.4, 0.5) is 0 Å². The Morgan fingerprint density at radius 2 is 0.932 bits per heavy atom. The summed E-state index contributed by atoms with van der Waals surface area (Å²) in [6.07, 6.45) is 0. The van der Waals surface area contributed by atoms with E-state index < -0.39 is 0 Å². The van der Waals surface area contributed by atoms with Crippen molar-refractivity contribution in [3.05, 3.63) is 140 Å². The van der Waals surface area contributed by atoms with E-state index in [4.69, 9.17) is 19.4 Å². The molecule has 0 aliphatic rings. The first kappa shape index (κ1) is 24.9. The van der Waals surface area contributed by atoms with Crippen molar-refractivity contribution in [1.82, 2.24) is 15.0 Å².